The summed E-state index contributed by atoms with van der Waals surface area (Å²) in [4.78, 5) is 34.3. The maximum Gasteiger partial charge on any atom is 0.513 e. The van der Waals surface area contributed by atoms with E-state index >= 15 is 0 Å². The molecule has 156 valence electrons. The molecule has 1 aromatic rings. The molecule has 0 amide bonds. The second-order valence-electron chi connectivity index (χ2n) is 7.49. The number of esters is 1. The molecule has 0 radical (unpaired) electrons. The minimum Gasteiger partial charge on any atom is -0.460 e. The summed E-state index contributed by atoms with van der Waals surface area (Å²) < 4.78 is 15.5. The number of hydrogen-bond acceptors (Lipinski definition) is 7. The first kappa shape index (κ1) is 23.4. The third kappa shape index (κ3) is 9.34. The van der Waals surface area contributed by atoms with Crippen molar-refractivity contribution in [3.8, 4) is 5.75 Å². The van der Waals surface area contributed by atoms with E-state index in [0.717, 1.165) is 25.7 Å². The van der Waals surface area contributed by atoms with Crippen molar-refractivity contribution in [3.63, 3.8) is 0 Å². The van der Waals surface area contributed by atoms with Crippen LogP contribution in [-0.2, 0) is 14.3 Å². The van der Waals surface area contributed by atoms with E-state index in [0.29, 0.717) is 6.42 Å². The van der Waals surface area contributed by atoms with Crippen molar-refractivity contribution < 1.29 is 28.7 Å². The lowest BCUT2D eigenvalue weighted by Gasteiger charge is -2.23. The maximum atomic E-state index is 12.4. The Labute approximate surface area is 165 Å². The second-order valence-corrected chi connectivity index (χ2v) is 7.49. The highest BCUT2D eigenvalue weighted by Gasteiger charge is 2.26. The van der Waals surface area contributed by atoms with Gasteiger partial charge in [0, 0.05) is 12.1 Å². The maximum absolute atomic E-state index is 12.4. The predicted molar refractivity (Wildman–Crippen MR) is 103 cm³/mol. The highest BCUT2D eigenvalue weighted by molar-refractivity contribution is 5.73. The summed E-state index contributed by atoms with van der Waals surface area (Å²) in [6.07, 6.45) is 3.55. The average Bonchev–Trinajstić information content (AvgIpc) is 2.60. The van der Waals surface area contributed by atoms with Gasteiger partial charge in [0.15, 0.2) is 0 Å². The zero-order valence-electron chi connectivity index (χ0n) is 16.9. The summed E-state index contributed by atoms with van der Waals surface area (Å²) in [5, 5.41) is 10.6. The smallest absolute Gasteiger partial charge is 0.460 e. The third-order valence-electron chi connectivity index (χ3n) is 3.80. The van der Waals surface area contributed by atoms with Crippen molar-refractivity contribution in [2.75, 3.05) is 6.61 Å². The van der Waals surface area contributed by atoms with Gasteiger partial charge in [-0.25, -0.2) is 4.79 Å². The molecule has 0 saturated heterocycles. The van der Waals surface area contributed by atoms with E-state index in [1.807, 2.05) is 0 Å². The Hall–Kier alpha value is -2.64. The molecule has 0 saturated carbocycles. The van der Waals surface area contributed by atoms with Gasteiger partial charge in [0.1, 0.15) is 18.0 Å². The van der Waals surface area contributed by atoms with Crippen LogP contribution in [0.4, 0.5) is 10.5 Å². The Morgan fingerprint density at radius 2 is 1.75 bits per heavy atom. The minimum atomic E-state index is -0.976. The number of rotatable bonds is 10. The Balaban J connectivity index is 2.59. The van der Waals surface area contributed by atoms with Crippen LogP contribution in [0.3, 0.4) is 0 Å². The Kier molecular flexibility index (Phi) is 9.41. The van der Waals surface area contributed by atoms with E-state index in [-0.39, 0.29) is 18.0 Å². The molecular weight excluding hydrogens is 366 g/mol. The molecule has 1 atom stereocenters. The van der Waals surface area contributed by atoms with Crippen molar-refractivity contribution >= 4 is 17.8 Å². The van der Waals surface area contributed by atoms with Gasteiger partial charge < -0.3 is 14.2 Å². The minimum absolute atomic E-state index is 0.113. The molecule has 0 bridgehead atoms. The topological polar surface area (TPSA) is 105 Å². The molecule has 1 aromatic carbocycles. The fourth-order valence-electron chi connectivity index (χ4n) is 2.40. The van der Waals surface area contributed by atoms with Crippen molar-refractivity contribution in [3.05, 3.63) is 34.4 Å². The lowest BCUT2D eigenvalue weighted by atomic mass is 10.0. The molecule has 8 heteroatoms. The van der Waals surface area contributed by atoms with E-state index in [2.05, 4.69) is 6.92 Å². The summed E-state index contributed by atoms with van der Waals surface area (Å²) in [5.74, 6) is -0.861. The van der Waals surface area contributed by atoms with Crippen LogP contribution in [0.5, 0.6) is 5.75 Å². The number of nitrogens with zero attached hydrogens (tertiary/aromatic N) is 1. The number of ether oxygens (including phenoxy) is 3. The summed E-state index contributed by atoms with van der Waals surface area (Å²) in [6, 6.07) is 5.05. The standard InChI is InChI=1S/C20H29NO7/c1-5-6-7-8-9-15(18(22)28-20(2,3)4)14-26-19(23)27-17-12-10-16(11-13-17)21(24)25/h10-13,15H,5-9,14H2,1-4H3. The molecule has 0 fully saturated rings. The molecule has 8 nitrogen and oxygen atoms in total. The number of benzene rings is 1. The highest BCUT2D eigenvalue weighted by atomic mass is 16.7. The van der Waals surface area contributed by atoms with Gasteiger partial charge in [-0.1, -0.05) is 32.6 Å². The molecule has 1 unspecified atom stereocenters. The highest BCUT2D eigenvalue weighted by Crippen LogP contribution is 2.20. The molecule has 0 N–H and O–H groups in total. The van der Waals surface area contributed by atoms with E-state index in [4.69, 9.17) is 14.2 Å². The van der Waals surface area contributed by atoms with Crippen LogP contribution in [0.25, 0.3) is 0 Å². The largest absolute Gasteiger partial charge is 0.513 e. The number of non-ortho nitro benzene ring substituents is 1. The van der Waals surface area contributed by atoms with Crippen molar-refractivity contribution in [1.29, 1.82) is 0 Å². The average molecular weight is 395 g/mol. The van der Waals surface area contributed by atoms with Gasteiger partial charge in [0.2, 0.25) is 0 Å². The zero-order valence-corrected chi connectivity index (χ0v) is 16.9. The number of carbonyl (C=O) groups is 2. The van der Waals surface area contributed by atoms with E-state index in [1.165, 1.54) is 24.3 Å². The van der Waals surface area contributed by atoms with Crippen LogP contribution in [-0.4, -0.2) is 29.3 Å². The van der Waals surface area contributed by atoms with Gasteiger partial charge in [-0.3, -0.25) is 14.9 Å². The van der Waals surface area contributed by atoms with Gasteiger partial charge in [-0.05, 0) is 39.3 Å². The molecule has 0 aliphatic carbocycles. The van der Waals surface area contributed by atoms with Crippen LogP contribution in [0.2, 0.25) is 0 Å². The monoisotopic (exact) mass is 395 g/mol. The van der Waals surface area contributed by atoms with Crippen molar-refractivity contribution in [2.24, 2.45) is 5.92 Å². The van der Waals surface area contributed by atoms with Crippen LogP contribution in [0, 0.1) is 16.0 Å². The number of nitro benzene ring substituents is 1. The van der Waals surface area contributed by atoms with Gasteiger partial charge in [-0.15, -0.1) is 0 Å². The Bertz CT molecular complexity index is 650. The van der Waals surface area contributed by atoms with Gasteiger partial charge in [0.05, 0.1) is 10.8 Å². The molecule has 0 aliphatic heterocycles. The number of nitro groups is 1. The van der Waals surface area contributed by atoms with Gasteiger partial charge in [0.25, 0.3) is 5.69 Å². The summed E-state index contributed by atoms with van der Waals surface area (Å²) in [7, 11) is 0. The Morgan fingerprint density at radius 3 is 2.29 bits per heavy atom. The molecular formula is C20H29NO7. The van der Waals surface area contributed by atoms with Crippen molar-refractivity contribution in [2.45, 2.75) is 65.4 Å². The van der Waals surface area contributed by atoms with Crippen LogP contribution >= 0.6 is 0 Å². The fourth-order valence-corrected chi connectivity index (χ4v) is 2.40. The first-order valence-electron chi connectivity index (χ1n) is 9.44. The molecule has 0 heterocycles. The van der Waals surface area contributed by atoms with E-state index in [9.17, 15) is 19.7 Å². The Morgan fingerprint density at radius 1 is 1.11 bits per heavy atom. The SMILES string of the molecule is CCCCCCC(COC(=O)Oc1ccc([N+](=O)[O-])cc1)C(=O)OC(C)(C)C. The van der Waals surface area contributed by atoms with Crippen LogP contribution < -0.4 is 4.74 Å². The predicted octanol–water partition coefficient (Wildman–Crippen LogP) is 5.04. The number of hydrogen-bond donors (Lipinski definition) is 0. The first-order valence-corrected chi connectivity index (χ1v) is 9.44. The molecule has 28 heavy (non-hydrogen) atoms. The number of carbonyl (C=O) groups excluding carboxylic acids is 2. The molecule has 1 rings (SSSR count). The summed E-state index contributed by atoms with van der Waals surface area (Å²) in [5.41, 5.74) is -0.740. The fraction of sp³-hybridized carbons (Fsp3) is 0.600. The zero-order chi connectivity index (χ0) is 21.2. The van der Waals surface area contributed by atoms with Crippen molar-refractivity contribution in [1.82, 2.24) is 0 Å². The van der Waals surface area contributed by atoms with Gasteiger partial charge in [-0.2, -0.15) is 0 Å². The quantitative estimate of drug-likeness (QED) is 0.180. The summed E-state index contributed by atoms with van der Waals surface area (Å²) in [6.45, 7) is 7.30. The van der Waals surface area contributed by atoms with Crippen LogP contribution in [0.15, 0.2) is 24.3 Å². The molecule has 0 spiro atoms. The van der Waals surface area contributed by atoms with E-state index in [1.54, 1.807) is 20.8 Å². The van der Waals surface area contributed by atoms with E-state index < -0.39 is 28.6 Å². The number of unbranched alkanes of at least 4 members (excludes halogenated alkanes) is 3. The lowest BCUT2D eigenvalue weighted by Crippen LogP contribution is -2.32. The third-order valence-corrected chi connectivity index (χ3v) is 3.80. The van der Waals surface area contributed by atoms with Crippen LogP contribution in [0.1, 0.15) is 59.8 Å². The summed E-state index contributed by atoms with van der Waals surface area (Å²) >= 11 is 0. The first-order chi connectivity index (χ1) is 13.1. The molecule has 0 aromatic heterocycles. The second kappa shape index (κ2) is 11.3. The van der Waals surface area contributed by atoms with Gasteiger partial charge >= 0.3 is 12.1 Å². The normalized spacial score (nSPS) is 12.1. The molecule has 0 aliphatic rings. The lowest BCUT2D eigenvalue weighted by molar-refractivity contribution is -0.384.